The average molecular weight is 298 g/mol. The van der Waals surface area contributed by atoms with Crippen molar-refractivity contribution in [1.82, 2.24) is 14.9 Å². The Morgan fingerprint density at radius 3 is 3.00 bits per heavy atom. The fourth-order valence-corrected chi connectivity index (χ4v) is 1.67. The molecule has 8 heteroatoms. The van der Waals surface area contributed by atoms with Gasteiger partial charge in [-0.2, -0.15) is 4.98 Å². The number of benzene rings is 1. The van der Waals surface area contributed by atoms with Gasteiger partial charge in [0.2, 0.25) is 5.82 Å². The molecule has 7 nitrogen and oxygen atoms in total. The molecule has 1 heterocycles. The maximum atomic E-state index is 11.1. The summed E-state index contributed by atoms with van der Waals surface area (Å²) in [4.78, 5) is 15.7. The second-order valence-electron chi connectivity index (χ2n) is 3.71. The maximum absolute atomic E-state index is 11.1. The summed E-state index contributed by atoms with van der Waals surface area (Å²) in [5.41, 5.74) is 0.568. The summed E-state index contributed by atoms with van der Waals surface area (Å²) >= 11 is 5.86. The lowest BCUT2D eigenvalue weighted by Gasteiger charge is -2.00. The third kappa shape index (κ3) is 3.39. The smallest absolute Gasteiger partial charge is 0.344 e. The van der Waals surface area contributed by atoms with Crippen LogP contribution in [0.3, 0.4) is 0 Å². The van der Waals surface area contributed by atoms with Crippen molar-refractivity contribution in [3.63, 3.8) is 0 Å². The summed E-state index contributed by atoms with van der Waals surface area (Å²) in [6.45, 7) is 1.63. The number of carbonyl (C=O) groups excluding carboxylic acids is 1. The Morgan fingerprint density at radius 2 is 2.30 bits per heavy atom. The highest BCUT2D eigenvalue weighted by atomic mass is 35.5. The zero-order valence-electron chi connectivity index (χ0n) is 10.6. The van der Waals surface area contributed by atoms with Gasteiger partial charge in [0.15, 0.2) is 6.61 Å². The van der Waals surface area contributed by atoms with Crippen molar-refractivity contribution in [2.75, 3.05) is 13.2 Å². The van der Waals surface area contributed by atoms with Crippen LogP contribution < -0.4 is 4.74 Å². The zero-order chi connectivity index (χ0) is 14.5. The molecule has 0 aliphatic carbocycles. The summed E-state index contributed by atoms with van der Waals surface area (Å²) in [5, 5.41) is 13.8. The second kappa shape index (κ2) is 6.25. The third-order valence-corrected chi connectivity index (χ3v) is 2.51. The van der Waals surface area contributed by atoms with E-state index in [0.717, 1.165) is 0 Å². The monoisotopic (exact) mass is 297 g/mol. The molecule has 0 bridgehead atoms. The van der Waals surface area contributed by atoms with Crippen LogP contribution in [0.4, 0.5) is 0 Å². The first-order chi connectivity index (χ1) is 9.60. The number of ether oxygens (including phenoxy) is 2. The number of hydrogen-bond donors (Lipinski definition) is 1. The van der Waals surface area contributed by atoms with E-state index < -0.39 is 5.97 Å². The summed E-state index contributed by atoms with van der Waals surface area (Å²) in [6, 6.07) is 6.60. The van der Waals surface area contributed by atoms with Gasteiger partial charge in [0.05, 0.1) is 6.61 Å². The highest BCUT2D eigenvalue weighted by molar-refractivity contribution is 6.30. The number of hydrogen-bond acceptors (Lipinski definition) is 6. The standard InChI is InChI=1S/C12H12ClN3O4/c1-2-19-10(17)7-20-12-14-11(16(18)15-12)8-4-3-5-9(13)6-8/h3-6,18H,2,7H2,1H3. The van der Waals surface area contributed by atoms with E-state index in [1.807, 2.05) is 0 Å². The first-order valence-corrected chi connectivity index (χ1v) is 6.18. The number of halogens is 1. The largest absolute Gasteiger partial charge is 0.463 e. The van der Waals surface area contributed by atoms with E-state index in [1.165, 1.54) is 0 Å². The summed E-state index contributed by atoms with van der Waals surface area (Å²) in [5.74, 6) is -0.377. The molecule has 0 radical (unpaired) electrons. The Bertz CT molecular complexity index is 614. The number of carbonyl (C=O) groups is 1. The van der Waals surface area contributed by atoms with Gasteiger partial charge < -0.3 is 14.7 Å². The molecule has 1 N–H and O–H groups in total. The normalized spacial score (nSPS) is 10.3. The van der Waals surface area contributed by atoms with Gasteiger partial charge in [-0.25, -0.2) is 4.79 Å². The number of aromatic nitrogens is 3. The summed E-state index contributed by atoms with van der Waals surface area (Å²) in [6.07, 6.45) is 0. The van der Waals surface area contributed by atoms with Gasteiger partial charge >= 0.3 is 12.0 Å². The van der Waals surface area contributed by atoms with Crippen LogP contribution in [0.2, 0.25) is 5.02 Å². The van der Waals surface area contributed by atoms with Gasteiger partial charge in [-0.1, -0.05) is 33.7 Å². The molecular formula is C12H12ClN3O4. The van der Waals surface area contributed by atoms with Gasteiger partial charge in [-0.05, 0) is 19.1 Å². The first kappa shape index (κ1) is 14.1. The van der Waals surface area contributed by atoms with Gasteiger partial charge in [0.1, 0.15) is 0 Å². The summed E-state index contributed by atoms with van der Waals surface area (Å²) < 4.78 is 9.72. The van der Waals surface area contributed by atoms with Crippen molar-refractivity contribution in [3.05, 3.63) is 29.3 Å². The van der Waals surface area contributed by atoms with Gasteiger partial charge in [0, 0.05) is 10.6 Å². The lowest BCUT2D eigenvalue weighted by Crippen LogP contribution is -2.15. The Labute approximate surface area is 119 Å². The molecule has 0 aliphatic heterocycles. The molecule has 0 fully saturated rings. The van der Waals surface area contributed by atoms with Crippen molar-refractivity contribution >= 4 is 17.6 Å². The van der Waals surface area contributed by atoms with E-state index in [9.17, 15) is 10.0 Å². The Hall–Kier alpha value is -2.28. The molecule has 0 spiro atoms. The number of rotatable bonds is 5. The highest BCUT2D eigenvalue weighted by Crippen LogP contribution is 2.22. The van der Waals surface area contributed by atoms with Gasteiger partial charge in [-0.15, -0.1) is 0 Å². The van der Waals surface area contributed by atoms with Crippen molar-refractivity contribution in [1.29, 1.82) is 0 Å². The minimum absolute atomic E-state index is 0.129. The predicted octanol–water partition coefficient (Wildman–Crippen LogP) is 1.78. The molecule has 0 saturated heterocycles. The molecule has 1 aromatic heterocycles. The van der Waals surface area contributed by atoms with E-state index in [1.54, 1.807) is 31.2 Å². The molecule has 2 rings (SSSR count). The van der Waals surface area contributed by atoms with E-state index in [2.05, 4.69) is 10.1 Å². The minimum atomic E-state index is -0.536. The fourth-order valence-electron chi connectivity index (χ4n) is 1.48. The molecule has 0 aliphatic rings. The quantitative estimate of drug-likeness (QED) is 0.668. The second-order valence-corrected chi connectivity index (χ2v) is 4.15. The third-order valence-electron chi connectivity index (χ3n) is 2.28. The van der Waals surface area contributed by atoms with Gasteiger partial charge in [-0.3, -0.25) is 0 Å². The zero-order valence-corrected chi connectivity index (χ0v) is 11.4. The number of esters is 1. The maximum Gasteiger partial charge on any atom is 0.344 e. The fraction of sp³-hybridized carbons (Fsp3) is 0.250. The predicted molar refractivity (Wildman–Crippen MR) is 69.8 cm³/mol. The molecular weight excluding hydrogens is 286 g/mol. The van der Waals surface area contributed by atoms with E-state index >= 15 is 0 Å². The van der Waals surface area contributed by atoms with Crippen LogP contribution in [-0.2, 0) is 9.53 Å². The topological polar surface area (TPSA) is 86.5 Å². The summed E-state index contributed by atoms with van der Waals surface area (Å²) in [7, 11) is 0. The van der Waals surface area contributed by atoms with Crippen LogP contribution in [0, 0.1) is 0 Å². The van der Waals surface area contributed by atoms with Crippen molar-refractivity contribution in [2.45, 2.75) is 6.92 Å². The SMILES string of the molecule is CCOC(=O)COc1nc(-c2cccc(Cl)c2)n(O)n1. The minimum Gasteiger partial charge on any atom is -0.463 e. The highest BCUT2D eigenvalue weighted by Gasteiger charge is 2.14. The van der Waals surface area contributed by atoms with Gasteiger partial charge in [0.25, 0.3) is 0 Å². The van der Waals surface area contributed by atoms with Crippen molar-refractivity contribution in [3.8, 4) is 17.4 Å². The van der Waals surface area contributed by atoms with E-state index in [0.29, 0.717) is 15.4 Å². The molecule has 2 aromatic rings. The Morgan fingerprint density at radius 1 is 1.50 bits per heavy atom. The van der Waals surface area contributed by atoms with Crippen LogP contribution >= 0.6 is 11.6 Å². The molecule has 106 valence electrons. The van der Waals surface area contributed by atoms with Crippen LogP contribution in [0.25, 0.3) is 11.4 Å². The lowest BCUT2D eigenvalue weighted by atomic mass is 10.2. The van der Waals surface area contributed by atoms with Crippen LogP contribution in [0.5, 0.6) is 6.01 Å². The van der Waals surface area contributed by atoms with Crippen LogP contribution in [0.1, 0.15) is 6.92 Å². The van der Waals surface area contributed by atoms with Crippen molar-refractivity contribution in [2.24, 2.45) is 0 Å². The van der Waals surface area contributed by atoms with Crippen LogP contribution in [-0.4, -0.2) is 39.3 Å². The molecule has 1 aromatic carbocycles. The molecule has 0 atom stereocenters. The molecule has 0 saturated carbocycles. The Balaban J connectivity index is 2.12. The lowest BCUT2D eigenvalue weighted by molar-refractivity contribution is -0.145. The van der Waals surface area contributed by atoms with E-state index in [4.69, 9.17) is 21.1 Å². The molecule has 0 unspecified atom stereocenters. The average Bonchev–Trinajstić information content (AvgIpc) is 2.78. The van der Waals surface area contributed by atoms with Crippen molar-refractivity contribution < 1.29 is 19.5 Å². The van der Waals surface area contributed by atoms with E-state index in [-0.39, 0.29) is 25.0 Å². The molecule has 0 amide bonds. The Kier molecular flexibility index (Phi) is 4.41. The molecule has 20 heavy (non-hydrogen) atoms. The first-order valence-electron chi connectivity index (χ1n) is 5.81. The van der Waals surface area contributed by atoms with Crippen LogP contribution in [0.15, 0.2) is 24.3 Å². The number of nitrogens with zero attached hydrogens (tertiary/aromatic N) is 3.